The number of para-hydroxylation sites is 1. The van der Waals surface area contributed by atoms with E-state index in [1.54, 1.807) is 4.90 Å². The minimum Gasteiger partial charge on any atom is -0.490 e. The Morgan fingerprint density at radius 3 is 2.44 bits per heavy atom. The van der Waals surface area contributed by atoms with Gasteiger partial charge >= 0.3 is 6.03 Å². The summed E-state index contributed by atoms with van der Waals surface area (Å²) in [6, 6.07) is 17.0. The number of likely N-dealkylation sites (tertiary alicyclic amines) is 1. The van der Waals surface area contributed by atoms with Crippen molar-refractivity contribution in [2.45, 2.75) is 12.8 Å². The van der Waals surface area contributed by atoms with Gasteiger partial charge in [-0.1, -0.05) is 39.3 Å². The molecule has 0 bridgehead atoms. The lowest BCUT2D eigenvalue weighted by Gasteiger charge is -2.27. The number of nitrogens with one attached hydrogen (secondary N) is 1. The minimum absolute atomic E-state index is 0.0796. The third-order valence-electron chi connectivity index (χ3n) is 4.10. The Morgan fingerprint density at radius 1 is 1.04 bits per heavy atom. The summed E-state index contributed by atoms with van der Waals surface area (Å²) in [6.45, 7) is 2.09. The first-order valence-electron chi connectivity index (χ1n) is 8.88. The van der Waals surface area contributed by atoms with Gasteiger partial charge in [-0.3, -0.25) is 0 Å². The van der Waals surface area contributed by atoms with Crippen LogP contribution in [0.5, 0.6) is 5.75 Å². The number of nitrogens with zero attached hydrogens (tertiary/aromatic N) is 2. The molecular weight excluding hydrogens is 410 g/mol. The molecule has 1 fully saturated rings. The van der Waals surface area contributed by atoms with E-state index in [-0.39, 0.29) is 6.03 Å². The number of benzene rings is 2. The van der Waals surface area contributed by atoms with Crippen molar-refractivity contribution in [3.63, 3.8) is 0 Å². The van der Waals surface area contributed by atoms with Crippen LogP contribution >= 0.6 is 15.9 Å². The van der Waals surface area contributed by atoms with Crippen molar-refractivity contribution in [2.75, 3.05) is 31.6 Å². The smallest absolute Gasteiger partial charge is 0.321 e. The van der Waals surface area contributed by atoms with Crippen LogP contribution < -0.4 is 10.1 Å². The van der Waals surface area contributed by atoms with Gasteiger partial charge in [0.1, 0.15) is 12.4 Å². The lowest BCUT2D eigenvalue weighted by atomic mass is 10.1. The third kappa shape index (κ3) is 6.29. The van der Waals surface area contributed by atoms with Crippen molar-refractivity contribution < 1.29 is 14.4 Å². The van der Waals surface area contributed by atoms with Crippen LogP contribution in [0.1, 0.15) is 12.8 Å². The highest BCUT2D eigenvalue weighted by Gasteiger charge is 2.20. The Kier molecular flexibility index (Phi) is 7.10. The zero-order chi connectivity index (χ0) is 18.9. The number of rotatable bonds is 6. The number of hydrogen-bond acceptors (Lipinski definition) is 4. The molecule has 6 nitrogen and oxygen atoms in total. The van der Waals surface area contributed by atoms with Crippen LogP contribution in [0.3, 0.4) is 0 Å². The lowest BCUT2D eigenvalue weighted by Crippen LogP contribution is -2.41. The summed E-state index contributed by atoms with van der Waals surface area (Å²) in [5.74, 6) is 0.798. The van der Waals surface area contributed by atoms with Crippen molar-refractivity contribution in [1.29, 1.82) is 0 Å². The first kappa shape index (κ1) is 19.2. The maximum absolute atomic E-state index is 12.3. The molecule has 27 heavy (non-hydrogen) atoms. The largest absolute Gasteiger partial charge is 0.490 e. The van der Waals surface area contributed by atoms with Gasteiger partial charge in [-0.2, -0.15) is 0 Å². The monoisotopic (exact) mass is 431 g/mol. The van der Waals surface area contributed by atoms with Gasteiger partial charge in [0.15, 0.2) is 6.61 Å². The molecule has 3 rings (SSSR count). The number of carbonyl (C=O) groups is 1. The number of anilines is 1. The maximum atomic E-state index is 12.3. The molecule has 2 amide bonds. The van der Waals surface area contributed by atoms with Crippen LogP contribution in [-0.2, 0) is 4.84 Å². The van der Waals surface area contributed by atoms with E-state index >= 15 is 0 Å². The third-order valence-corrected chi connectivity index (χ3v) is 4.63. The van der Waals surface area contributed by atoms with E-state index in [0.717, 1.165) is 34.5 Å². The van der Waals surface area contributed by atoms with Crippen molar-refractivity contribution in [3.8, 4) is 5.75 Å². The Balaban J connectivity index is 1.33. The molecule has 1 heterocycles. The molecule has 0 radical (unpaired) electrons. The van der Waals surface area contributed by atoms with Gasteiger partial charge < -0.3 is 19.8 Å². The molecule has 0 saturated carbocycles. The van der Waals surface area contributed by atoms with Crippen LogP contribution in [0, 0.1) is 0 Å². The van der Waals surface area contributed by atoms with Crippen LogP contribution in [0.15, 0.2) is 64.2 Å². The first-order valence-corrected chi connectivity index (χ1v) is 9.67. The second-order valence-corrected chi connectivity index (χ2v) is 6.99. The summed E-state index contributed by atoms with van der Waals surface area (Å²) in [5, 5.41) is 7.08. The van der Waals surface area contributed by atoms with E-state index in [1.807, 2.05) is 54.6 Å². The van der Waals surface area contributed by atoms with Gasteiger partial charge in [0, 0.05) is 36.1 Å². The van der Waals surface area contributed by atoms with Crippen LogP contribution in [-0.4, -0.2) is 42.9 Å². The normalized spacial score (nSPS) is 13.8. The average molecular weight is 432 g/mol. The zero-order valence-electron chi connectivity index (χ0n) is 14.9. The van der Waals surface area contributed by atoms with Crippen LogP contribution in [0.25, 0.3) is 0 Å². The Bertz CT molecular complexity index is 756. The molecule has 7 heteroatoms. The molecule has 1 saturated heterocycles. The molecule has 2 aromatic rings. The first-order chi connectivity index (χ1) is 13.2. The standard InChI is InChI=1S/C20H22BrN3O3/c21-16-6-8-19(9-7-16)26-14-15-27-23-18-10-12-24(13-11-18)20(25)22-17-4-2-1-3-5-17/h1-9H,10-15H2,(H,22,25). The summed E-state index contributed by atoms with van der Waals surface area (Å²) < 4.78 is 6.59. The minimum atomic E-state index is -0.0796. The van der Waals surface area contributed by atoms with Crippen molar-refractivity contribution >= 4 is 33.4 Å². The van der Waals surface area contributed by atoms with E-state index < -0.39 is 0 Å². The summed E-state index contributed by atoms with van der Waals surface area (Å²) in [6.07, 6.45) is 1.44. The Labute approximate surface area is 167 Å². The number of carbonyl (C=O) groups excluding carboxylic acids is 1. The highest BCUT2D eigenvalue weighted by atomic mass is 79.9. The molecule has 1 aliphatic rings. The second-order valence-electron chi connectivity index (χ2n) is 6.08. The Hall–Kier alpha value is -2.54. The maximum Gasteiger partial charge on any atom is 0.321 e. The quantitative estimate of drug-likeness (QED) is 0.539. The fraction of sp³-hybridized carbons (Fsp3) is 0.300. The number of hydrogen-bond donors (Lipinski definition) is 1. The fourth-order valence-electron chi connectivity index (χ4n) is 2.65. The number of oxime groups is 1. The molecule has 142 valence electrons. The summed E-state index contributed by atoms with van der Waals surface area (Å²) in [5.41, 5.74) is 1.78. The molecule has 0 unspecified atom stereocenters. The van der Waals surface area contributed by atoms with Crippen molar-refractivity contribution in [3.05, 3.63) is 59.1 Å². The summed E-state index contributed by atoms with van der Waals surface area (Å²) in [4.78, 5) is 19.4. The average Bonchev–Trinajstić information content (AvgIpc) is 2.70. The molecule has 0 spiro atoms. The predicted molar refractivity (Wildman–Crippen MR) is 109 cm³/mol. The molecular formula is C20H22BrN3O3. The van der Waals surface area contributed by atoms with Crippen molar-refractivity contribution in [1.82, 2.24) is 4.90 Å². The van der Waals surface area contributed by atoms with Crippen LogP contribution in [0.2, 0.25) is 0 Å². The number of halogens is 1. The van der Waals surface area contributed by atoms with Gasteiger partial charge in [0.2, 0.25) is 0 Å². The number of piperidine rings is 1. The molecule has 0 aromatic heterocycles. The van der Waals surface area contributed by atoms with E-state index in [9.17, 15) is 4.79 Å². The lowest BCUT2D eigenvalue weighted by molar-refractivity contribution is 0.105. The highest BCUT2D eigenvalue weighted by molar-refractivity contribution is 9.10. The molecule has 0 atom stereocenters. The second kappa shape index (κ2) is 9.97. The van der Waals surface area contributed by atoms with E-state index in [2.05, 4.69) is 26.4 Å². The van der Waals surface area contributed by atoms with E-state index in [4.69, 9.17) is 9.57 Å². The van der Waals surface area contributed by atoms with Crippen molar-refractivity contribution in [2.24, 2.45) is 5.16 Å². The number of ether oxygens (including phenoxy) is 1. The summed E-state index contributed by atoms with van der Waals surface area (Å²) >= 11 is 3.39. The van der Waals surface area contributed by atoms with E-state index in [1.165, 1.54) is 0 Å². The van der Waals surface area contributed by atoms with Gasteiger partial charge in [-0.05, 0) is 36.4 Å². The molecule has 1 aliphatic heterocycles. The van der Waals surface area contributed by atoms with Gasteiger partial charge in [-0.15, -0.1) is 0 Å². The van der Waals surface area contributed by atoms with E-state index in [0.29, 0.717) is 26.3 Å². The highest BCUT2D eigenvalue weighted by Crippen LogP contribution is 2.16. The topological polar surface area (TPSA) is 63.2 Å². The van der Waals surface area contributed by atoms with Gasteiger partial charge in [0.05, 0.1) is 5.71 Å². The van der Waals surface area contributed by atoms with Crippen LogP contribution in [0.4, 0.5) is 10.5 Å². The number of urea groups is 1. The fourth-order valence-corrected chi connectivity index (χ4v) is 2.91. The zero-order valence-corrected chi connectivity index (χ0v) is 16.5. The Morgan fingerprint density at radius 2 is 1.74 bits per heavy atom. The summed E-state index contributed by atoms with van der Waals surface area (Å²) in [7, 11) is 0. The molecule has 0 aliphatic carbocycles. The molecule has 2 aromatic carbocycles. The predicted octanol–water partition coefficient (Wildman–Crippen LogP) is 4.53. The van der Waals surface area contributed by atoms with Gasteiger partial charge in [0.25, 0.3) is 0 Å². The SMILES string of the molecule is O=C(Nc1ccccc1)N1CCC(=NOCCOc2ccc(Br)cc2)CC1. The molecule has 1 N–H and O–H groups in total. The van der Waals surface area contributed by atoms with Gasteiger partial charge in [-0.25, -0.2) is 4.79 Å². The number of amides is 2.